The molecule has 3 aromatic carbocycles. The number of halogens is 1. The Balaban J connectivity index is 2.06. The third-order valence-corrected chi connectivity index (χ3v) is 8.86. The molecule has 0 spiro atoms. The number of benzene rings is 3. The van der Waals surface area contributed by atoms with E-state index in [1.807, 2.05) is 46.8 Å². The number of carbonyl (C=O) groups excluding carboxylic acids is 2. The fourth-order valence-electron chi connectivity index (χ4n) is 4.52. The summed E-state index contributed by atoms with van der Waals surface area (Å²) in [5, 5.41) is 2.90. The van der Waals surface area contributed by atoms with E-state index in [0.717, 1.165) is 15.4 Å². The molecule has 0 aliphatic carbocycles. The first-order valence-electron chi connectivity index (χ1n) is 14.3. The first-order chi connectivity index (χ1) is 19.8. The van der Waals surface area contributed by atoms with Crippen LogP contribution in [0.1, 0.15) is 63.6 Å². The highest BCUT2D eigenvalue weighted by Gasteiger charge is 2.33. The number of aryl methyl sites for hydroxylation is 1. The summed E-state index contributed by atoms with van der Waals surface area (Å²) in [5.74, 6) is -0.843. The summed E-state index contributed by atoms with van der Waals surface area (Å²) >= 11 is 0. The Morgan fingerprint density at radius 3 is 2.00 bits per heavy atom. The molecule has 0 bridgehead atoms. The predicted octanol–water partition coefficient (Wildman–Crippen LogP) is 6.03. The lowest BCUT2D eigenvalue weighted by atomic mass is 10.0. The van der Waals surface area contributed by atoms with Crippen LogP contribution in [0.5, 0.6) is 0 Å². The molecule has 0 fully saturated rings. The largest absolute Gasteiger partial charge is 0.354 e. The number of hydrogen-bond donors (Lipinski definition) is 1. The van der Waals surface area contributed by atoms with Gasteiger partial charge in [0.2, 0.25) is 11.8 Å². The lowest BCUT2D eigenvalue weighted by Crippen LogP contribution is -2.52. The van der Waals surface area contributed by atoms with Crippen LogP contribution in [0.3, 0.4) is 0 Å². The molecule has 3 aromatic rings. The summed E-state index contributed by atoms with van der Waals surface area (Å²) in [5.41, 5.74) is 2.89. The van der Waals surface area contributed by atoms with Crippen LogP contribution in [-0.2, 0) is 26.2 Å². The zero-order chi connectivity index (χ0) is 31.0. The molecule has 3 rings (SSSR count). The lowest BCUT2D eigenvalue weighted by molar-refractivity contribution is -0.140. The molecule has 0 aromatic heterocycles. The van der Waals surface area contributed by atoms with E-state index in [-0.39, 0.29) is 29.2 Å². The van der Waals surface area contributed by atoms with Gasteiger partial charge in [-0.15, -0.1) is 0 Å². The van der Waals surface area contributed by atoms with Crippen molar-refractivity contribution in [3.8, 4) is 0 Å². The van der Waals surface area contributed by atoms with Crippen LogP contribution in [-0.4, -0.2) is 44.3 Å². The van der Waals surface area contributed by atoms with Crippen molar-refractivity contribution in [2.75, 3.05) is 17.4 Å². The highest BCUT2D eigenvalue weighted by atomic mass is 32.2. The van der Waals surface area contributed by atoms with Crippen molar-refractivity contribution in [3.63, 3.8) is 0 Å². The molecule has 7 nitrogen and oxygen atoms in total. The van der Waals surface area contributed by atoms with Crippen LogP contribution in [0, 0.1) is 18.7 Å². The Hall–Kier alpha value is -3.72. The van der Waals surface area contributed by atoms with E-state index < -0.39 is 34.3 Å². The number of amides is 2. The van der Waals surface area contributed by atoms with E-state index in [2.05, 4.69) is 5.32 Å². The van der Waals surface area contributed by atoms with E-state index in [1.54, 1.807) is 43.3 Å². The third kappa shape index (κ3) is 8.41. The standard InChI is InChI=1S/C33H42FN3O4S/c1-7-31(33(39)35-20-23(2)3)36(21-26-10-14-28(34)15-11-26)32(38)22-37(29-16-12-27(13-17-29)24(4)5)42(40,41)30-18-8-25(6)9-19-30/h8-19,23-24,31H,7,20-22H2,1-6H3,(H,35,39). The number of nitrogens with zero attached hydrogens (tertiary/aromatic N) is 2. The van der Waals surface area contributed by atoms with Gasteiger partial charge in [-0.3, -0.25) is 13.9 Å². The average Bonchev–Trinajstić information content (AvgIpc) is 2.95. The van der Waals surface area contributed by atoms with Crippen molar-refractivity contribution < 1.29 is 22.4 Å². The number of hydrogen-bond acceptors (Lipinski definition) is 4. The fraction of sp³-hybridized carbons (Fsp3) is 0.394. The monoisotopic (exact) mass is 595 g/mol. The molecule has 0 radical (unpaired) electrons. The van der Waals surface area contributed by atoms with Crippen molar-refractivity contribution >= 4 is 27.5 Å². The van der Waals surface area contributed by atoms with Gasteiger partial charge in [0.05, 0.1) is 10.6 Å². The van der Waals surface area contributed by atoms with E-state index >= 15 is 0 Å². The molecular formula is C33H42FN3O4S. The van der Waals surface area contributed by atoms with Crippen LogP contribution < -0.4 is 9.62 Å². The van der Waals surface area contributed by atoms with E-state index in [1.165, 1.54) is 29.2 Å². The second-order valence-electron chi connectivity index (χ2n) is 11.3. The maximum absolute atomic E-state index is 14.1. The Morgan fingerprint density at radius 2 is 1.48 bits per heavy atom. The van der Waals surface area contributed by atoms with Gasteiger partial charge in [-0.1, -0.05) is 76.6 Å². The predicted molar refractivity (Wildman–Crippen MR) is 165 cm³/mol. The van der Waals surface area contributed by atoms with E-state index in [9.17, 15) is 22.4 Å². The molecule has 0 heterocycles. The second-order valence-corrected chi connectivity index (χ2v) is 13.1. The number of sulfonamides is 1. The summed E-state index contributed by atoms with van der Waals surface area (Å²) in [4.78, 5) is 28.8. The Labute approximate surface area is 249 Å². The Kier molecular flexibility index (Phi) is 11.3. The van der Waals surface area contributed by atoms with Gasteiger partial charge in [-0.2, -0.15) is 0 Å². The SMILES string of the molecule is CCC(C(=O)NCC(C)C)N(Cc1ccc(F)cc1)C(=O)CN(c1ccc(C(C)C)cc1)S(=O)(=O)c1ccc(C)cc1. The molecule has 0 saturated carbocycles. The van der Waals surface area contributed by atoms with Crippen molar-refractivity contribution in [2.24, 2.45) is 5.92 Å². The van der Waals surface area contributed by atoms with Crippen molar-refractivity contribution in [3.05, 3.63) is 95.3 Å². The number of rotatable bonds is 13. The molecule has 1 N–H and O–H groups in total. The van der Waals surface area contributed by atoms with Gasteiger partial charge in [0.25, 0.3) is 10.0 Å². The first-order valence-corrected chi connectivity index (χ1v) is 15.8. The average molecular weight is 596 g/mol. The van der Waals surface area contributed by atoms with Gasteiger partial charge < -0.3 is 10.2 Å². The first kappa shape index (κ1) is 32.8. The maximum Gasteiger partial charge on any atom is 0.264 e. The van der Waals surface area contributed by atoms with E-state index in [0.29, 0.717) is 24.2 Å². The molecule has 0 aliphatic rings. The zero-order valence-electron chi connectivity index (χ0n) is 25.3. The maximum atomic E-state index is 14.1. The smallest absolute Gasteiger partial charge is 0.264 e. The summed E-state index contributed by atoms with van der Waals surface area (Å²) in [6.45, 7) is 11.6. The van der Waals surface area contributed by atoms with Gasteiger partial charge >= 0.3 is 0 Å². The molecule has 226 valence electrons. The topological polar surface area (TPSA) is 86.8 Å². The Morgan fingerprint density at radius 1 is 0.881 bits per heavy atom. The number of anilines is 1. The fourth-order valence-corrected chi connectivity index (χ4v) is 5.93. The van der Waals surface area contributed by atoms with Gasteiger partial charge in [0.15, 0.2) is 0 Å². The summed E-state index contributed by atoms with van der Waals surface area (Å²) < 4.78 is 42.8. The quantitative estimate of drug-likeness (QED) is 0.261. The van der Waals surface area contributed by atoms with E-state index in [4.69, 9.17) is 0 Å². The van der Waals surface area contributed by atoms with Crippen LogP contribution in [0.15, 0.2) is 77.7 Å². The lowest BCUT2D eigenvalue weighted by Gasteiger charge is -2.33. The van der Waals surface area contributed by atoms with Crippen LogP contribution in [0.4, 0.5) is 10.1 Å². The third-order valence-electron chi connectivity index (χ3n) is 7.07. The second kappa shape index (κ2) is 14.4. The molecule has 2 amide bonds. The number of nitrogens with one attached hydrogen (secondary N) is 1. The minimum Gasteiger partial charge on any atom is -0.354 e. The highest BCUT2D eigenvalue weighted by Crippen LogP contribution is 2.27. The molecule has 1 atom stereocenters. The van der Waals surface area contributed by atoms with Gasteiger partial charge in [0, 0.05) is 13.1 Å². The summed E-state index contributed by atoms with van der Waals surface area (Å²) in [6.07, 6.45) is 0.310. The molecule has 0 saturated heterocycles. The summed E-state index contributed by atoms with van der Waals surface area (Å²) in [7, 11) is -4.15. The minimum absolute atomic E-state index is 0.0113. The van der Waals surface area contributed by atoms with Crippen molar-refractivity contribution in [1.29, 1.82) is 0 Å². The highest BCUT2D eigenvalue weighted by molar-refractivity contribution is 7.92. The molecule has 42 heavy (non-hydrogen) atoms. The van der Waals surface area contributed by atoms with Crippen LogP contribution >= 0.6 is 0 Å². The van der Waals surface area contributed by atoms with Crippen molar-refractivity contribution in [1.82, 2.24) is 10.2 Å². The van der Waals surface area contributed by atoms with Crippen LogP contribution in [0.25, 0.3) is 0 Å². The van der Waals surface area contributed by atoms with Gasteiger partial charge in [0.1, 0.15) is 18.4 Å². The molecule has 9 heteroatoms. The van der Waals surface area contributed by atoms with Crippen LogP contribution in [0.2, 0.25) is 0 Å². The zero-order valence-corrected chi connectivity index (χ0v) is 26.1. The molecular weight excluding hydrogens is 553 g/mol. The Bertz CT molecular complexity index is 1440. The number of carbonyl (C=O) groups is 2. The normalized spacial score (nSPS) is 12.3. The van der Waals surface area contributed by atoms with Crippen molar-refractivity contribution in [2.45, 2.75) is 71.4 Å². The van der Waals surface area contributed by atoms with Gasteiger partial charge in [-0.05, 0) is 72.7 Å². The minimum atomic E-state index is -4.15. The molecule has 0 aliphatic heterocycles. The molecule has 1 unspecified atom stereocenters. The summed E-state index contributed by atoms with van der Waals surface area (Å²) in [6, 6.07) is 18.4. The van der Waals surface area contributed by atoms with Gasteiger partial charge in [-0.25, -0.2) is 12.8 Å².